The van der Waals surface area contributed by atoms with Crippen molar-refractivity contribution in [3.8, 4) is 11.8 Å². The van der Waals surface area contributed by atoms with E-state index in [-0.39, 0.29) is 18.7 Å². The first kappa shape index (κ1) is 15.6. The second-order valence-corrected chi connectivity index (χ2v) is 4.96. The Morgan fingerprint density at radius 1 is 1.23 bits per heavy atom. The number of hydrogen-bond donors (Lipinski definition) is 2. The molecule has 0 bridgehead atoms. The summed E-state index contributed by atoms with van der Waals surface area (Å²) < 4.78 is 5.02. The smallest absolute Gasteiger partial charge is 0.408 e. The van der Waals surface area contributed by atoms with E-state index in [4.69, 9.17) is 9.84 Å². The van der Waals surface area contributed by atoms with Crippen LogP contribution >= 0.6 is 11.3 Å². The van der Waals surface area contributed by atoms with Gasteiger partial charge in [0, 0.05) is 16.3 Å². The van der Waals surface area contributed by atoms with Crippen LogP contribution in [0.2, 0.25) is 0 Å². The van der Waals surface area contributed by atoms with Gasteiger partial charge in [-0.25, -0.2) is 9.59 Å². The summed E-state index contributed by atoms with van der Waals surface area (Å²) in [5.41, 5.74) is 1.51. The number of carboxylic acids is 1. The average molecular weight is 315 g/mol. The van der Waals surface area contributed by atoms with Crippen molar-refractivity contribution in [2.24, 2.45) is 0 Å². The van der Waals surface area contributed by atoms with Crippen molar-refractivity contribution in [3.05, 3.63) is 57.8 Å². The molecule has 0 saturated heterocycles. The summed E-state index contributed by atoms with van der Waals surface area (Å²) in [6.45, 7) is 0.274. The molecule has 1 aromatic carbocycles. The zero-order chi connectivity index (χ0) is 15.8. The van der Waals surface area contributed by atoms with E-state index in [0.717, 1.165) is 5.56 Å². The van der Waals surface area contributed by atoms with Gasteiger partial charge in [-0.3, -0.25) is 0 Å². The van der Waals surface area contributed by atoms with Crippen LogP contribution in [0.4, 0.5) is 4.79 Å². The molecule has 2 aromatic rings. The van der Waals surface area contributed by atoms with Crippen LogP contribution in [-0.4, -0.2) is 23.7 Å². The standard InChI is InChI=1S/C16H13NO4S/c18-15(19)14-11-22-10-13(14)7-4-8-17-16(20)21-9-12-5-2-1-3-6-12/h1-3,5-6,10-11H,8-9H2,(H,17,20)(H,18,19). The van der Waals surface area contributed by atoms with E-state index in [2.05, 4.69) is 17.2 Å². The number of amides is 1. The molecule has 6 heteroatoms. The highest BCUT2D eigenvalue weighted by Gasteiger charge is 2.08. The van der Waals surface area contributed by atoms with E-state index in [1.165, 1.54) is 16.7 Å². The Hall–Kier alpha value is -2.78. The SMILES string of the molecule is O=C(NCC#Cc1cscc1C(=O)O)OCc1ccccc1. The van der Waals surface area contributed by atoms with Crippen molar-refractivity contribution in [2.75, 3.05) is 6.54 Å². The van der Waals surface area contributed by atoms with Gasteiger partial charge < -0.3 is 15.2 Å². The first-order valence-electron chi connectivity index (χ1n) is 6.39. The molecule has 5 nitrogen and oxygen atoms in total. The molecule has 0 saturated carbocycles. The molecule has 22 heavy (non-hydrogen) atoms. The Morgan fingerprint density at radius 3 is 2.73 bits per heavy atom. The zero-order valence-corrected chi connectivity index (χ0v) is 12.4. The highest BCUT2D eigenvalue weighted by Crippen LogP contribution is 2.13. The molecule has 1 aromatic heterocycles. The predicted octanol–water partition coefficient (Wildman–Crippen LogP) is 2.72. The first-order chi connectivity index (χ1) is 10.7. The Kier molecular flexibility index (Phi) is 5.57. The summed E-state index contributed by atoms with van der Waals surface area (Å²) in [7, 11) is 0. The molecule has 0 aliphatic carbocycles. The second-order valence-electron chi connectivity index (χ2n) is 4.22. The van der Waals surface area contributed by atoms with Crippen LogP contribution in [0, 0.1) is 11.8 Å². The fourth-order valence-electron chi connectivity index (χ4n) is 1.59. The van der Waals surface area contributed by atoms with Crippen molar-refractivity contribution in [1.29, 1.82) is 0 Å². The molecule has 0 atom stereocenters. The second kappa shape index (κ2) is 7.86. The van der Waals surface area contributed by atoms with E-state index in [9.17, 15) is 9.59 Å². The van der Waals surface area contributed by atoms with E-state index in [1.807, 2.05) is 30.3 Å². The fraction of sp³-hybridized carbons (Fsp3) is 0.125. The van der Waals surface area contributed by atoms with Gasteiger partial charge in [0.05, 0.1) is 12.1 Å². The molecule has 0 radical (unpaired) electrons. The fourth-order valence-corrected chi connectivity index (χ4v) is 2.34. The highest BCUT2D eigenvalue weighted by molar-refractivity contribution is 7.08. The summed E-state index contributed by atoms with van der Waals surface area (Å²) in [6, 6.07) is 9.33. The predicted molar refractivity (Wildman–Crippen MR) is 82.8 cm³/mol. The Morgan fingerprint density at radius 2 is 2.00 bits per heavy atom. The number of alkyl carbamates (subject to hydrolysis) is 1. The lowest BCUT2D eigenvalue weighted by molar-refractivity contribution is 0.0697. The number of ether oxygens (including phenoxy) is 1. The molecule has 0 aliphatic rings. The number of benzene rings is 1. The quantitative estimate of drug-likeness (QED) is 0.851. The van der Waals surface area contributed by atoms with Crippen LogP contribution in [0.15, 0.2) is 41.1 Å². The number of carbonyl (C=O) groups is 2. The van der Waals surface area contributed by atoms with Gasteiger partial charge in [0.25, 0.3) is 0 Å². The third-order valence-electron chi connectivity index (χ3n) is 2.65. The summed E-state index contributed by atoms with van der Waals surface area (Å²) >= 11 is 1.27. The summed E-state index contributed by atoms with van der Waals surface area (Å²) in [6.07, 6.45) is -0.568. The van der Waals surface area contributed by atoms with Crippen LogP contribution in [0.25, 0.3) is 0 Å². The number of thiophene rings is 1. The lowest BCUT2D eigenvalue weighted by Gasteiger charge is -2.04. The molecule has 1 amide bonds. The van der Waals surface area contributed by atoms with Crippen LogP contribution in [0.5, 0.6) is 0 Å². The summed E-state index contributed by atoms with van der Waals surface area (Å²) in [5.74, 6) is 4.39. The van der Waals surface area contributed by atoms with Crippen LogP contribution in [0.1, 0.15) is 21.5 Å². The van der Waals surface area contributed by atoms with Crippen LogP contribution in [-0.2, 0) is 11.3 Å². The van der Waals surface area contributed by atoms with Crippen molar-refractivity contribution >= 4 is 23.4 Å². The molecular weight excluding hydrogens is 302 g/mol. The highest BCUT2D eigenvalue weighted by atomic mass is 32.1. The van der Waals surface area contributed by atoms with Crippen molar-refractivity contribution in [3.63, 3.8) is 0 Å². The summed E-state index contributed by atoms with van der Waals surface area (Å²) in [4.78, 5) is 22.4. The normalized spacial score (nSPS) is 9.45. The van der Waals surface area contributed by atoms with Gasteiger partial charge in [-0.1, -0.05) is 42.2 Å². The minimum atomic E-state index is -1.01. The Bertz CT molecular complexity index is 712. The summed E-state index contributed by atoms with van der Waals surface area (Å²) in [5, 5.41) is 14.6. The van der Waals surface area contributed by atoms with Crippen molar-refractivity contribution in [2.45, 2.75) is 6.61 Å². The molecule has 112 valence electrons. The number of nitrogens with one attached hydrogen (secondary N) is 1. The van der Waals surface area contributed by atoms with Gasteiger partial charge in [0.15, 0.2) is 0 Å². The van der Waals surface area contributed by atoms with E-state index < -0.39 is 12.1 Å². The van der Waals surface area contributed by atoms with Gasteiger partial charge in [-0.05, 0) is 5.56 Å². The monoisotopic (exact) mass is 315 g/mol. The molecule has 0 aliphatic heterocycles. The number of hydrogen-bond acceptors (Lipinski definition) is 4. The molecule has 0 spiro atoms. The molecular formula is C16H13NO4S. The third kappa shape index (κ3) is 4.65. The largest absolute Gasteiger partial charge is 0.478 e. The number of carboxylic acid groups (broad SMARTS) is 1. The maximum atomic E-state index is 11.5. The van der Waals surface area contributed by atoms with Gasteiger partial charge in [-0.15, -0.1) is 0 Å². The maximum absolute atomic E-state index is 11.5. The lowest BCUT2D eigenvalue weighted by Crippen LogP contribution is -2.24. The molecule has 2 N–H and O–H groups in total. The number of rotatable bonds is 4. The van der Waals surface area contributed by atoms with Crippen LogP contribution in [0.3, 0.4) is 0 Å². The van der Waals surface area contributed by atoms with Crippen LogP contribution < -0.4 is 5.32 Å². The Labute approximate surface area is 131 Å². The average Bonchev–Trinajstić information content (AvgIpc) is 2.99. The third-order valence-corrected chi connectivity index (χ3v) is 3.39. The molecule has 0 fully saturated rings. The minimum Gasteiger partial charge on any atom is -0.478 e. The van der Waals surface area contributed by atoms with Gasteiger partial charge in [0.1, 0.15) is 6.61 Å². The minimum absolute atomic E-state index is 0.0858. The maximum Gasteiger partial charge on any atom is 0.408 e. The van der Waals surface area contributed by atoms with E-state index in [0.29, 0.717) is 5.56 Å². The number of carbonyl (C=O) groups excluding carboxylic acids is 1. The lowest BCUT2D eigenvalue weighted by atomic mass is 10.2. The Balaban J connectivity index is 1.77. The number of aromatic carboxylic acids is 1. The van der Waals surface area contributed by atoms with Gasteiger partial charge >= 0.3 is 12.1 Å². The van der Waals surface area contributed by atoms with E-state index in [1.54, 1.807) is 5.38 Å². The molecule has 1 heterocycles. The zero-order valence-electron chi connectivity index (χ0n) is 11.5. The van der Waals surface area contributed by atoms with Crippen molar-refractivity contribution < 1.29 is 19.4 Å². The van der Waals surface area contributed by atoms with Crippen molar-refractivity contribution in [1.82, 2.24) is 5.32 Å². The van der Waals surface area contributed by atoms with Gasteiger partial charge in [-0.2, -0.15) is 11.3 Å². The molecule has 0 unspecified atom stereocenters. The van der Waals surface area contributed by atoms with Gasteiger partial charge in [0.2, 0.25) is 0 Å². The topological polar surface area (TPSA) is 75.6 Å². The first-order valence-corrected chi connectivity index (χ1v) is 7.34. The van der Waals surface area contributed by atoms with E-state index >= 15 is 0 Å². The molecule has 2 rings (SSSR count).